The van der Waals surface area contributed by atoms with Crippen molar-refractivity contribution >= 4 is 0 Å². The molecule has 9 heteroatoms. The molecule has 0 aromatic carbocycles. The first-order chi connectivity index (χ1) is 9.41. The normalized spacial score (nSPS) is 13.7. The van der Waals surface area contributed by atoms with E-state index in [4.69, 9.17) is 9.26 Å². The first kappa shape index (κ1) is 14.5. The molecule has 1 unspecified atom stereocenters. The Morgan fingerprint density at radius 2 is 2.20 bits per heavy atom. The Morgan fingerprint density at radius 1 is 1.45 bits per heavy atom. The van der Waals surface area contributed by atoms with E-state index in [0.29, 0.717) is 18.9 Å². The summed E-state index contributed by atoms with van der Waals surface area (Å²) in [6, 6.07) is 0.327. The van der Waals surface area contributed by atoms with Gasteiger partial charge < -0.3 is 9.26 Å². The molecule has 6 nitrogen and oxygen atoms in total. The molecule has 2 rings (SSSR count). The lowest BCUT2D eigenvalue weighted by Gasteiger charge is -2.07. The maximum absolute atomic E-state index is 12.5. The van der Waals surface area contributed by atoms with Crippen LogP contribution in [0.5, 0.6) is 0 Å². The van der Waals surface area contributed by atoms with Gasteiger partial charge in [0.05, 0.1) is 6.61 Å². The van der Waals surface area contributed by atoms with Gasteiger partial charge in [0.15, 0.2) is 11.5 Å². The van der Waals surface area contributed by atoms with E-state index in [1.165, 1.54) is 6.20 Å². The van der Waals surface area contributed by atoms with Gasteiger partial charge in [-0.3, -0.25) is 4.68 Å². The van der Waals surface area contributed by atoms with Crippen LogP contribution in [0.15, 0.2) is 16.8 Å². The van der Waals surface area contributed by atoms with Crippen molar-refractivity contribution in [3.63, 3.8) is 0 Å². The van der Waals surface area contributed by atoms with Crippen LogP contribution < -0.4 is 0 Å². The molecule has 2 aromatic rings. The summed E-state index contributed by atoms with van der Waals surface area (Å²) in [4.78, 5) is 4.10. The SMILES string of the molecule is COCCc1noc(C(C)n2ccc(C(F)(F)F)n2)n1. The second-order valence-electron chi connectivity index (χ2n) is 4.15. The van der Waals surface area contributed by atoms with Crippen molar-refractivity contribution in [2.24, 2.45) is 0 Å². The summed E-state index contributed by atoms with van der Waals surface area (Å²) in [5.41, 5.74) is -0.955. The van der Waals surface area contributed by atoms with Gasteiger partial charge in [-0.15, -0.1) is 0 Å². The van der Waals surface area contributed by atoms with Crippen LogP contribution in [0.3, 0.4) is 0 Å². The Morgan fingerprint density at radius 3 is 2.80 bits per heavy atom. The smallest absolute Gasteiger partial charge is 0.384 e. The van der Waals surface area contributed by atoms with Crippen molar-refractivity contribution in [2.45, 2.75) is 25.6 Å². The van der Waals surface area contributed by atoms with E-state index >= 15 is 0 Å². The zero-order chi connectivity index (χ0) is 14.8. The number of aromatic nitrogens is 4. The monoisotopic (exact) mass is 290 g/mol. The van der Waals surface area contributed by atoms with Crippen LogP contribution in [0.1, 0.15) is 30.4 Å². The molecular weight excluding hydrogens is 277 g/mol. The van der Waals surface area contributed by atoms with E-state index < -0.39 is 17.9 Å². The van der Waals surface area contributed by atoms with Gasteiger partial charge in [0.1, 0.15) is 6.04 Å². The number of nitrogens with zero attached hydrogens (tertiary/aromatic N) is 4. The Kier molecular flexibility index (Phi) is 4.07. The fraction of sp³-hybridized carbons (Fsp3) is 0.545. The Bertz CT molecular complexity index is 564. The van der Waals surface area contributed by atoms with E-state index in [1.54, 1.807) is 14.0 Å². The molecule has 20 heavy (non-hydrogen) atoms. The van der Waals surface area contributed by atoms with Crippen molar-refractivity contribution in [3.8, 4) is 0 Å². The molecule has 0 fully saturated rings. The topological polar surface area (TPSA) is 66.0 Å². The zero-order valence-corrected chi connectivity index (χ0v) is 10.9. The largest absolute Gasteiger partial charge is 0.435 e. The number of alkyl halides is 3. The summed E-state index contributed by atoms with van der Waals surface area (Å²) < 4.78 is 48.4. The van der Waals surface area contributed by atoms with Crippen molar-refractivity contribution in [3.05, 3.63) is 29.7 Å². The molecule has 0 radical (unpaired) electrons. The van der Waals surface area contributed by atoms with Crippen LogP contribution in [0, 0.1) is 0 Å². The molecule has 2 aromatic heterocycles. The molecule has 0 saturated heterocycles. The van der Waals surface area contributed by atoms with Gasteiger partial charge in [0.2, 0.25) is 0 Å². The standard InChI is InChI=1S/C11H13F3N4O2/c1-7(10-15-9(17-20-10)4-6-19-2)18-5-3-8(16-18)11(12,13)14/h3,5,7H,4,6H2,1-2H3. The van der Waals surface area contributed by atoms with E-state index in [0.717, 1.165) is 10.7 Å². The highest BCUT2D eigenvalue weighted by molar-refractivity contribution is 5.05. The first-order valence-corrected chi connectivity index (χ1v) is 5.85. The van der Waals surface area contributed by atoms with Crippen LogP contribution in [-0.4, -0.2) is 33.6 Å². The van der Waals surface area contributed by atoms with Crippen LogP contribution in [-0.2, 0) is 17.3 Å². The summed E-state index contributed by atoms with van der Waals surface area (Å²) in [7, 11) is 1.55. The average Bonchev–Trinajstić information content (AvgIpc) is 3.04. The van der Waals surface area contributed by atoms with Crippen molar-refractivity contribution in [1.82, 2.24) is 19.9 Å². The van der Waals surface area contributed by atoms with Crippen molar-refractivity contribution in [1.29, 1.82) is 0 Å². The van der Waals surface area contributed by atoms with Gasteiger partial charge in [0, 0.05) is 19.7 Å². The second-order valence-corrected chi connectivity index (χ2v) is 4.15. The minimum atomic E-state index is -4.47. The van der Waals surface area contributed by atoms with Crippen molar-refractivity contribution < 1.29 is 22.4 Å². The summed E-state index contributed by atoms with van der Waals surface area (Å²) in [6.45, 7) is 2.06. The van der Waals surface area contributed by atoms with E-state index in [9.17, 15) is 13.2 Å². The fourth-order valence-electron chi connectivity index (χ4n) is 1.55. The predicted octanol–water partition coefficient (Wildman–Crippen LogP) is 2.08. The lowest BCUT2D eigenvalue weighted by molar-refractivity contribution is -0.141. The number of hydrogen-bond donors (Lipinski definition) is 0. The predicted molar refractivity (Wildman–Crippen MR) is 60.9 cm³/mol. The minimum absolute atomic E-state index is 0.202. The summed E-state index contributed by atoms with van der Waals surface area (Å²) in [6.07, 6.45) is -2.77. The average molecular weight is 290 g/mol. The highest BCUT2D eigenvalue weighted by Gasteiger charge is 2.34. The van der Waals surface area contributed by atoms with Crippen LogP contribution >= 0.6 is 0 Å². The fourth-order valence-corrected chi connectivity index (χ4v) is 1.55. The molecule has 0 bridgehead atoms. The number of hydrogen-bond acceptors (Lipinski definition) is 5. The van der Waals surface area contributed by atoms with Crippen LogP contribution in [0.4, 0.5) is 13.2 Å². The van der Waals surface area contributed by atoms with Gasteiger partial charge in [0.25, 0.3) is 5.89 Å². The molecule has 0 saturated carbocycles. The van der Waals surface area contributed by atoms with Gasteiger partial charge in [-0.1, -0.05) is 5.16 Å². The summed E-state index contributed by atoms with van der Waals surface area (Å²) in [5.74, 6) is 0.643. The van der Waals surface area contributed by atoms with Gasteiger partial charge in [-0.2, -0.15) is 23.3 Å². The highest BCUT2D eigenvalue weighted by Crippen LogP contribution is 2.28. The Hall–Kier alpha value is -1.90. The molecule has 2 heterocycles. The van der Waals surface area contributed by atoms with Crippen LogP contribution in [0.25, 0.3) is 0 Å². The number of rotatable bonds is 5. The number of ether oxygens (including phenoxy) is 1. The molecule has 0 aliphatic rings. The van der Waals surface area contributed by atoms with E-state index in [-0.39, 0.29) is 5.89 Å². The summed E-state index contributed by atoms with van der Waals surface area (Å²) in [5, 5.41) is 7.19. The maximum atomic E-state index is 12.5. The first-order valence-electron chi connectivity index (χ1n) is 5.85. The van der Waals surface area contributed by atoms with Gasteiger partial charge in [-0.05, 0) is 13.0 Å². The summed E-state index contributed by atoms with van der Waals surface area (Å²) >= 11 is 0. The molecule has 0 spiro atoms. The number of halogens is 3. The number of methoxy groups -OCH3 is 1. The molecule has 0 amide bonds. The molecule has 110 valence electrons. The molecular formula is C11H13F3N4O2. The molecule has 0 aliphatic heterocycles. The Labute approximate surface area is 112 Å². The van der Waals surface area contributed by atoms with Gasteiger partial charge >= 0.3 is 6.18 Å². The maximum Gasteiger partial charge on any atom is 0.435 e. The molecule has 1 atom stereocenters. The minimum Gasteiger partial charge on any atom is -0.384 e. The van der Waals surface area contributed by atoms with Crippen LogP contribution in [0.2, 0.25) is 0 Å². The lowest BCUT2D eigenvalue weighted by Crippen LogP contribution is -2.11. The zero-order valence-electron chi connectivity index (χ0n) is 10.9. The third-order valence-electron chi connectivity index (χ3n) is 2.67. The quantitative estimate of drug-likeness (QED) is 0.843. The van der Waals surface area contributed by atoms with Gasteiger partial charge in [-0.25, -0.2) is 0 Å². The lowest BCUT2D eigenvalue weighted by atomic mass is 10.3. The molecule has 0 aliphatic carbocycles. The molecule has 0 N–H and O–H groups in total. The third kappa shape index (κ3) is 3.16. The third-order valence-corrected chi connectivity index (χ3v) is 2.67. The second kappa shape index (κ2) is 5.61. The van der Waals surface area contributed by atoms with Crippen molar-refractivity contribution in [2.75, 3.05) is 13.7 Å². The van der Waals surface area contributed by atoms with E-state index in [1.807, 2.05) is 0 Å². The van der Waals surface area contributed by atoms with E-state index in [2.05, 4.69) is 15.2 Å². The highest BCUT2D eigenvalue weighted by atomic mass is 19.4. The Balaban J connectivity index is 2.12.